The molecule has 0 spiro atoms. The highest BCUT2D eigenvalue weighted by atomic mass is 32.2. The summed E-state index contributed by atoms with van der Waals surface area (Å²) in [6, 6.07) is 0. The molecule has 0 radical (unpaired) electrons. The first-order valence-electron chi connectivity index (χ1n) is 8.77. The lowest BCUT2D eigenvalue weighted by atomic mass is 10.3. The summed E-state index contributed by atoms with van der Waals surface area (Å²) in [7, 11) is 0. The molecule has 5 nitrogen and oxygen atoms in total. The van der Waals surface area contributed by atoms with Crippen LogP contribution >= 0.6 is 24.0 Å². The van der Waals surface area contributed by atoms with Gasteiger partial charge in [0.15, 0.2) is 0 Å². The molecule has 0 bridgehead atoms. The highest BCUT2D eigenvalue weighted by Crippen LogP contribution is 2.22. The molecule has 0 aliphatic rings. The van der Waals surface area contributed by atoms with Crippen LogP contribution in [-0.2, 0) is 19.1 Å². The van der Waals surface area contributed by atoms with Crippen LogP contribution in [0.5, 0.6) is 0 Å². The molecule has 0 saturated heterocycles. The molecule has 0 amide bonds. The van der Waals surface area contributed by atoms with Crippen LogP contribution in [-0.4, -0.2) is 52.7 Å². The summed E-state index contributed by atoms with van der Waals surface area (Å²) in [6.07, 6.45) is 3.52. The van der Waals surface area contributed by atoms with Crippen LogP contribution in [0.25, 0.3) is 0 Å². The van der Waals surface area contributed by atoms with Crippen LogP contribution in [0.1, 0.15) is 59.8 Å². The Balaban J connectivity index is 4.72. The van der Waals surface area contributed by atoms with Gasteiger partial charge in [-0.15, -0.1) is 0 Å². The highest BCUT2D eigenvalue weighted by molar-refractivity contribution is 8.23. The molecule has 140 valence electrons. The first-order valence-corrected chi connectivity index (χ1v) is 10.1. The van der Waals surface area contributed by atoms with Gasteiger partial charge in [-0.1, -0.05) is 50.7 Å². The van der Waals surface area contributed by atoms with Crippen molar-refractivity contribution in [3.63, 3.8) is 0 Å². The first-order chi connectivity index (χ1) is 11.5. The molecule has 24 heavy (non-hydrogen) atoms. The summed E-state index contributed by atoms with van der Waals surface area (Å²) in [6.45, 7) is 10.4. The van der Waals surface area contributed by atoms with Crippen molar-refractivity contribution in [3.05, 3.63) is 0 Å². The van der Waals surface area contributed by atoms with Gasteiger partial charge in [0, 0.05) is 13.1 Å². The largest absolute Gasteiger partial charge is 0.466 e. The molecule has 0 aliphatic carbocycles. The number of carbonyl (C=O) groups is 2. The maximum Gasteiger partial charge on any atom is 0.320 e. The van der Waals surface area contributed by atoms with E-state index in [1.165, 1.54) is 11.8 Å². The zero-order valence-electron chi connectivity index (χ0n) is 15.3. The predicted molar refractivity (Wildman–Crippen MR) is 103 cm³/mol. The number of hydrogen-bond acceptors (Lipinski definition) is 6. The zero-order valence-corrected chi connectivity index (χ0v) is 17.0. The lowest BCUT2D eigenvalue weighted by molar-refractivity contribution is -0.149. The zero-order chi connectivity index (χ0) is 18.4. The van der Waals surface area contributed by atoms with Gasteiger partial charge >= 0.3 is 11.9 Å². The van der Waals surface area contributed by atoms with E-state index < -0.39 is 11.2 Å². The van der Waals surface area contributed by atoms with Crippen LogP contribution in [0.2, 0.25) is 0 Å². The number of rotatable bonds is 12. The Labute approximate surface area is 155 Å². The van der Waals surface area contributed by atoms with Crippen molar-refractivity contribution in [2.75, 3.05) is 26.3 Å². The number of hydrogen-bond donors (Lipinski definition) is 0. The number of esters is 2. The van der Waals surface area contributed by atoms with Gasteiger partial charge in [-0.25, -0.2) is 0 Å². The van der Waals surface area contributed by atoms with Crippen LogP contribution in [0.15, 0.2) is 0 Å². The maximum absolute atomic E-state index is 12.3. The molecule has 0 rings (SSSR count). The van der Waals surface area contributed by atoms with Gasteiger partial charge in [-0.05, 0) is 26.7 Å². The van der Waals surface area contributed by atoms with E-state index in [0.29, 0.717) is 17.5 Å². The number of ether oxygens (including phenoxy) is 2. The van der Waals surface area contributed by atoms with Crippen molar-refractivity contribution in [3.8, 4) is 0 Å². The first kappa shape index (κ1) is 23.2. The van der Waals surface area contributed by atoms with E-state index in [0.717, 1.165) is 38.8 Å². The van der Waals surface area contributed by atoms with Gasteiger partial charge in [-0.3, -0.25) is 9.59 Å². The van der Waals surface area contributed by atoms with Crippen LogP contribution < -0.4 is 0 Å². The number of carbonyl (C=O) groups excluding carboxylic acids is 2. The van der Waals surface area contributed by atoms with E-state index >= 15 is 0 Å². The predicted octanol–water partition coefficient (Wildman–Crippen LogP) is 3.79. The molecule has 7 heteroatoms. The molecule has 1 atom stereocenters. The number of thioether (sulfide) groups is 1. The third-order valence-electron chi connectivity index (χ3n) is 3.38. The monoisotopic (exact) mass is 377 g/mol. The minimum absolute atomic E-state index is 0.0131. The van der Waals surface area contributed by atoms with Crippen molar-refractivity contribution >= 4 is 40.2 Å². The third kappa shape index (κ3) is 10.1. The Morgan fingerprint density at radius 2 is 1.54 bits per heavy atom. The molecule has 0 aromatic carbocycles. The van der Waals surface area contributed by atoms with Crippen molar-refractivity contribution in [1.29, 1.82) is 0 Å². The molecule has 1 unspecified atom stereocenters. The Kier molecular flexibility index (Phi) is 14.0. The van der Waals surface area contributed by atoms with Crippen molar-refractivity contribution in [1.82, 2.24) is 4.90 Å². The van der Waals surface area contributed by atoms with Gasteiger partial charge < -0.3 is 14.4 Å². The second kappa shape index (κ2) is 14.5. The summed E-state index contributed by atoms with van der Waals surface area (Å²) >= 11 is 6.61. The molecule has 0 fully saturated rings. The number of thiocarbonyl (C=S) groups is 1. The Bertz CT molecular complexity index is 387. The Morgan fingerprint density at radius 3 is 2.04 bits per heavy atom. The summed E-state index contributed by atoms with van der Waals surface area (Å²) in [5.41, 5.74) is 0. The maximum atomic E-state index is 12.3. The quantitative estimate of drug-likeness (QED) is 0.291. The summed E-state index contributed by atoms with van der Waals surface area (Å²) < 4.78 is 11.0. The minimum atomic E-state index is -0.649. The average molecular weight is 378 g/mol. The lowest BCUT2D eigenvalue weighted by Gasteiger charge is -2.23. The smallest absolute Gasteiger partial charge is 0.320 e. The van der Waals surface area contributed by atoms with Crippen molar-refractivity contribution < 1.29 is 19.1 Å². The normalized spacial score (nSPS) is 11.7. The average Bonchev–Trinajstić information content (AvgIpc) is 2.55. The fraction of sp³-hybridized carbons (Fsp3) is 0.824. The van der Waals surface area contributed by atoms with E-state index in [4.69, 9.17) is 21.7 Å². The van der Waals surface area contributed by atoms with E-state index in [1.807, 2.05) is 32.6 Å². The molecular formula is C17H31NO4S2. The molecule has 0 heterocycles. The van der Waals surface area contributed by atoms with E-state index in [2.05, 4.69) is 0 Å². The second-order valence-corrected chi connectivity index (χ2v) is 7.18. The van der Waals surface area contributed by atoms with E-state index in [1.54, 1.807) is 0 Å². The molecule has 0 aromatic rings. The Hall–Kier alpha value is -0.820. The van der Waals surface area contributed by atoms with Crippen molar-refractivity contribution in [2.24, 2.45) is 0 Å². The van der Waals surface area contributed by atoms with Crippen LogP contribution in [0.4, 0.5) is 0 Å². The number of unbranched alkanes of at least 4 members (excludes halogenated alkanes) is 2. The molecule has 0 saturated carbocycles. The number of nitrogens with zero attached hydrogens (tertiary/aromatic N) is 1. The van der Waals surface area contributed by atoms with Gasteiger partial charge in [0.05, 0.1) is 19.6 Å². The summed E-state index contributed by atoms with van der Waals surface area (Å²) in [5, 5.41) is -0.649. The van der Waals surface area contributed by atoms with Crippen LogP contribution in [0.3, 0.4) is 0 Å². The van der Waals surface area contributed by atoms with Gasteiger partial charge in [0.1, 0.15) is 9.57 Å². The fourth-order valence-electron chi connectivity index (χ4n) is 1.80. The van der Waals surface area contributed by atoms with Gasteiger partial charge in [0.25, 0.3) is 0 Å². The third-order valence-corrected chi connectivity index (χ3v) is 5.03. The highest BCUT2D eigenvalue weighted by Gasteiger charge is 2.27. The van der Waals surface area contributed by atoms with E-state index in [9.17, 15) is 9.59 Å². The fourth-order valence-corrected chi connectivity index (χ4v) is 3.44. The Morgan fingerprint density at radius 1 is 1.00 bits per heavy atom. The molecule has 0 aliphatic heterocycles. The molecular weight excluding hydrogens is 346 g/mol. The topological polar surface area (TPSA) is 55.8 Å². The molecule has 0 aromatic heterocycles. The summed E-state index contributed by atoms with van der Waals surface area (Å²) in [5.74, 6) is -0.772. The standard InChI is InChI=1S/C17H31NO4S2/c1-5-9-11-21-15(19)13-14(16(20)22-12-10-6-2)24-17(23)18(7-3)8-4/h14H,5-13H2,1-4H3. The molecule has 0 N–H and O–H groups in total. The minimum Gasteiger partial charge on any atom is -0.466 e. The van der Waals surface area contributed by atoms with Crippen molar-refractivity contribution in [2.45, 2.75) is 65.0 Å². The SMILES string of the molecule is CCCCOC(=O)CC(SC(=S)N(CC)CC)C(=O)OCCCC. The van der Waals surface area contributed by atoms with Gasteiger partial charge in [-0.2, -0.15) is 0 Å². The van der Waals surface area contributed by atoms with Gasteiger partial charge in [0.2, 0.25) is 0 Å². The second-order valence-electron chi connectivity index (χ2n) is 5.34. The lowest BCUT2D eigenvalue weighted by Crippen LogP contribution is -2.32. The van der Waals surface area contributed by atoms with E-state index in [-0.39, 0.29) is 12.4 Å². The van der Waals surface area contributed by atoms with Crippen LogP contribution in [0, 0.1) is 0 Å². The summed E-state index contributed by atoms with van der Waals surface area (Å²) in [4.78, 5) is 26.2.